The molecule has 1 aromatic carbocycles. The van der Waals surface area contributed by atoms with Gasteiger partial charge in [-0.15, -0.1) is 0 Å². The standard InChI is InChI=1S/C26H33N3O4/c1-2-33-26(32)12-8-3-4-9-17-29-23(14-16-25(29)31)13-15-24(30)22-18-27-28(20-22)19-21-10-6-5-7-11-21/h5-7,10-11,13,18,20H,2-4,8-9,12,14-17,19H2,1H3. The van der Waals surface area contributed by atoms with E-state index in [1.807, 2.05) is 48.2 Å². The summed E-state index contributed by atoms with van der Waals surface area (Å²) in [7, 11) is 0. The molecule has 0 saturated carbocycles. The van der Waals surface area contributed by atoms with Gasteiger partial charge >= 0.3 is 5.97 Å². The van der Waals surface area contributed by atoms with Crippen LogP contribution in [0, 0.1) is 0 Å². The molecular formula is C26H33N3O4. The second kappa shape index (κ2) is 12.7. The summed E-state index contributed by atoms with van der Waals surface area (Å²) >= 11 is 0. The molecule has 1 aliphatic rings. The van der Waals surface area contributed by atoms with Crippen molar-refractivity contribution < 1.29 is 19.1 Å². The summed E-state index contributed by atoms with van der Waals surface area (Å²) < 4.78 is 6.70. The van der Waals surface area contributed by atoms with Crippen LogP contribution in [0.3, 0.4) is 0 Å². The Morgan fingerprint density at radius 1 is 1.09 bits per heavy atom. The fraction of sp³-hybridized carbons (Fsp3) is 0.462. The van der Waals surface area contributed by atoms with E-state index in [1.54, 1.807) is 17.1 Å². The summed E-state index contributed by atoms with van der Waals surface area (Å²) in [6, 6.07) is 9.99. The molecule has 0 unspecified atom stereocenters. The average Bonchev–Trinajstić information content (AvgIpc) is 3.42. The first-order valence-corrected chi connectivity index (χ1v) is 11.8. The van der Waals surface area contributed by atoms with E-state index >= 15 is 0 Å². The lowest BCUT2D eigenvalue weighted by molar-refractivity contribution is -0.143. The van der Waals surface area contributed by atoms with Crippen LogP contribution in [0.5, 0.6) is 0 Å². The lowest BCUT2D eigenvalue weighted by Gasteiger charge is -2.18. The summed E-state index contributed by atoms with van der Waals surface area (Å²) in [5.74, 6) is -0.0244. The molecule has 1 aliphatic heterocycles. The number of esters is 1. The number of hydrogen-bond donors (Lipinski definition) is 0. The molecule has 3 rings (SSSR count). The third-order valence-electron chi connectivity index (χ3n) is 5.73. The van der Waals surface area contributed by atoms with Gasteiger partial charge in [0.25, 0.3) is 0 Å². The fourth-order valence-corrected chi connectivity index (χ4v) is 3.96. The van der Waals surface area contributed by atoms with Crippen molar-refractivity contribution in [2.45, 2.75) is 64.8 Å². The van der Waals surface area contributed by atoms with Crippen LogP contribution in [-0.2, 0) is 20.9 Å². The average molecular weight is 452 g/mol. The van der Waals surface area contributed by atoms with Crippen molar-refractivity contribution >= 4 is 17.7 Å². The molecule has 7 nitrogen and oxygen atoms in total. The van der Waals surface area contributed by atoms with E-state index in [2.05, 4.69) is 5.10 Å². The predicted molar refractivity (Wildman–Crippen MR) is 125 cm³/mol. The smallest absolute Gasteiger partial charge is 0.305 e. The maximum atomic E-state index is 12.7. The molecule has 1 aromatic heterocycles. The monoisotopic (exact) mass is 451 g/mol. The first-order chi connectivity index (χ1) is 16.1. The van der Waals surface area contributed by atoms with Crippen molar-refractivity contribution in [1.29, 1.82) is 0 Å². The molecule has 0 spiro atoms. The van der Waals surface area contributed by atoms with E-state index in [9.17, 15) is 14.4 Å². The highest BCUT2D eigenvalue weighted by atomic mass is 16.5. The van der Waals surface area contributed by atoms with Crippen LogP contribution in [0.4, 0.5) is 0 Å². The quantitative estimate of drug-likeness (QED) is 0.254. The normalized spacial score (nSPS) is 14.8. The van der Waals surface area contributed by atoms with Crippen LogP contribution in [-0.4, -0.2) is 45.5 Å². The molecule has 1 amide bonds. The summed E-state index contributed by atoms with van der Waals surface area (Å²) in [5, 5.41) is 4.31. The van der Waals surface area contributed by atoms with Crippen molar-refractivity contribution in [2.24, 2.45) is 0 Å². The zero-order valence-corrected chi connectivity index (χ0v) is 19.4. The highest BCUT2D eigenvalue weighted by Gasteiger charge is 2.25. The molecule has 0 atom stereocenters. The first-order valence-electron chi connectivity index (χ1n) is 11.8. The Labute approximate surface area is 195 Å². The molecule has 2 heterocycles. The van der Waals surface area contributed by atoms with E-state index < -0.39 is 0 Å². The number of benzene rings is 1. The van der Waals surface area contributed by atoms with E-state index in [0.29, 0.717) is 44.5 Å². The number of likely N-dealkylation sites (tertiary alicyclic amines) is 1. The van der Waals surface area contributed by atoms with Crippen molar-refractivity contribution in [3.8, 4) is 0 Å². The number of carbonyl (C=O) groups excluding carboxylic acids is 3. The molecule has 0 bridgehead atoms. The Kier molecular flexibility index (Phi) is 9.42. The second-order valence-corrected chi connectivity index (χ2v) is 8.25. The minimum absolute atomic E-state index is 0.0000704. The molecule has 0 aliphatic carbocycles. The molecule has 1 saturated heterocycles. The number of nitrogens with zero attached hydrogens (tertiary/aromatic N) is 3. The topological polar surface area (TPSA) is 81.5 Å². The Balaban J connectivity index is 1.44. The largest absolute Gasteiger partial charge is 0.466 e. The van der Waals surface area contributed by atoms with E-state index in [4.69, 9.17) is 4.74 Å². The zero-order chi connectivity index (χ0) is 23.5. The number of rotatable bonds is 13. The Morgan fingerprint density at radius 3 is 2.67 bits per heavy atom. The van der Waals surface area contributed by atoms with Crippen LogP contribution in [0.15, 0.2) is 54.5 Å². The van der Waals surface area contributed by atoms with E-state index in [1.165, 1.54) is 0 Å². The predicted octanol–water partition coefficient (Wildman–Crippen LogP) is 4.52. The van der Waals surface area contributed by atoms with Gasteiger partial charge in [-0.25, -0.2) is 0 Å². The molecule has 0 radical (unpaired) electrons. The molecule has 1 fully saturated rings. The molecule has 33 heavy (non-hydrogen) atoms. The van der Waals surface area contributed by atoms with Crippen molar-refractivity contribution in [3.05, 3.63) is 65.6 Å². The minimum Gasteiger partial charge on any atom is -0.466 e. The molecule has 0 N–H and O–H groups in total. The van der Waals surface area contributed by atoms with Gasteiger partial charge in [0.1, 0.15) is 0 Å². The van der Waals surface area contributed by atoms with Gasteiger partial charge in [0.15, 0.2) is 5.78 Å². The van der Waals surface area contributed by atoms with Crippen LogP contribution in [0.2, 0.25) is 0 Å². The zero-order valence-electron chi connectivity index (χ0n) is 19.4. The van der Waals surface area contributed by atoms with Crippen molar-refractivity contribution in [3.63, 3.8) is 0 Å². The number of Topliss-reactive ketones (excluding diaryl/α,β-unsaturated/α-hetero) is 1. The van der Waals surface area contributed by atoms with Crippen LogP contribution in [0.1, 0.15) is 74.2 Å². The van der Waals surface area contributed by atoms with Gasteiger partial charge in [0.2, 0.25) is 5.91 Å². The minimum atomic E-state index is -0.146. The number of carbonyl (C=O) groups is 3. The van der Waals surface area contributed by atoms with Gasteiger partial charge in [-0.2, -0.15) is 5.10 Å². The Morgan fingerprint density at radius 2 is 1.88 bits per heavy atom. The third-order valence-corrected chi connectivity index (χ3v) is 5.73. The number of ketones is 1. The number of amides is 1. The fourth-order valence-electron chi connectivity index (χ4n) is 3.96. The van der Waals surface area contributed by atoms with Crippen LogP contribution in [0.25, 0.3) is 0 Å². The highest BCUT2D eigenvalue weighted by Crippen LogP contribution is 2.24. The summed E-state index contributed by atoms with van der Waals surface area (Å²) in [5.41, 5.74) is 2.65. The molecular weight excluding hydrogens is 418 g/mol. The number of hydrogen-bond acceptors (Lipinski definition) is 5. The molecule has 7 heteroatoms. The van der Waals surface area contributed by atoms with Gasteiger partial charge in [-0.1, -0.05) is 49.2 Å². The van der Waals surface area contributed by atoms with E-state index in [-0.39, 0.29) is 24.1 Å². The van der Waals surface area contributed by atoms with Crippen LogP contribution < -0.4 is 0 Å². The van der Waals surface area contributed by atoms with Gasteiger partial charge in [-0.05, 0) is 31.7 Å². The number of ether oxygens (including phenoxy) is 1. The van der Waals surface area contributed by atoms with Crippen molar-refractivity contribution in [2.75, 3.05) is 13.2 Å². The Bertz CT molecular complexity index is 965. The van der Waals surface area contributed by atoms with Crippen molar-refractivity contribution in [1.82, 2.24) is 14.7 Å². The molecule has 176 valence electrons. The lowest BCUT2D eigenvalue weighted by Crippen LogP contribution is -2.24. The maximum Gasteiger partial charge on any atom is 0.305 e. The summed E-state index contributed by atoms with van der Waals surface area (Å²) in [6.07, 6.45) is 10.7. The maximum absolute atomic E-state index is 12.7. The first kappa shape index (κ1) is 24.4. The molecule has 2 aromatic rings. The van der Waals surface area contributed by atoms with Gasteiger partial charge < -0.3 is 9.64 Å². The third kappa shape index (κ3) is 7.70. The number of allylic oxidation sites excluding steroid dienone is 2. The van der Waals surface area contributed by atoms with E-state index in [0.717, 1.165) is 36.9 Å². The summed E-state index contributed by atoms with van der Waals surface area (Å²) in [6.45, 7) is 3.51. The number of unbranched alkanes of at least 4 members (excludes halogenated alkanes) is 3. The second-order valence-electron chi connectivity index (χ2n) is 8.25. The Hall–Kier alpha value is -3.22. The number of aromatic nitrogens is 2. The van der Waals surface area contributed by atoms with Gasteiger partial charge in [0.05, 0.1) is 24.9 Å². The SMILES string of the molecule is CCOC(=O)CCCCCCN1C(=O)CCC1=CCC(=O)c1cnn(Cc2ccccc2)c1. The van der Waals surface area contributed by atoms with Gasteiger partial charge in [-0.3, -0.25) is 19.1 Å². The summed E-state index contributed by atoms with van der Waals surface area (Å²) in [4.78, 5) is 38.1. The highest BCUT2D eigenvalue weighted by molar-refractivity contribution is 5.96. The van der Waals surface area contributed by atoms with Gasteiger partial charge in [0, 0.05) is 37.7 Å². The lowest BCUT2D eigenvalue weighted by atomic mass is 10.1. The van der Waals surface area contributed by atoms with Crippen LogP contribution >= 0.6 is 0 Å².